The van der Waals surface area contributed by atoms with Crippen molar-refractivity contribution in [1.82, 2.24) is 4.98 Å². The zero-order valence-electron chi connectivity index (χ0n) is 12.5. The van der Waals surface area contributed by atoms with Crippen molar-refractivity contribution in [2.24, 2.45) is 5.92 Å². The van der Waals surface area contributed by atoms with Crippen LogP contribution >= 0.6 is 0 Å². The molecule has 2 N–H and O–H groups in total. The van der Waals surface area contributed by atoms with Crippen LogP contribution < -0.4 is 5.32 Å². The summed E-state index contributed by atoms with van der Waals surface area (Å²) in [6.07, 6.45) is 3.02. The van der Waals surface area contributed by atoms with Gasteiger partial charge < -0.3 is 10.4 Å². The maximum atomic E-state index is 11.2. The molecule has 1 aliphatic carbocycles. The molecule has 1 aromatic carbocycles. The van der Waals surface area contributed by atoms with E-state index in [0.29, 0.717) is 17.9 Å². The number of aromatic nitrogens is 1. The molecule has 1 fully saturated rings. The second-order valence-corrected chi connectivity index (χ2v) is 5.84. The Hall–Kier alpha value is -2.21. The van der Waals surface area contributed by atoms with Gasteiger partial charge in [0, 0.05) is 35.5 Å². The maximum absolute atomic E-state index is 11.2. The van der Waals surface area contributed by atoms with Crippen LogP contribution in [0.1, 0.15) is 25.0 Å². The van der Waals surface area contributed by atoms with Gasteiger partial charge in [0.15, 0.2) is 5.52 Å². The van der Waals surface area contributed by atoms with Crippen molar-refractivity contribution < 1.29 is 10.0 Å². The summed E-state index contributed by atoms with van der Waals surface area (Å²) in [7, 11) is 0. The SMILES string of the molecule is Cc1cc(NC(CCO)C2CC2)c2cccc([N+](=O)[O-])c2n1. The average Bonchev–Trinajstić information content (AvgIpc) is 3.30. The molecule has 1 atom stereocenters. The number of fused-ring (bicyclic) bond motifs is 1. The molecule has 0 amide bonds. The van der Waals surface area contributed by atoms with Crippen LogP contribution in [-0.2, 0) is 0 Å². The first kappa shape index (κ1) is 14.7. The highest BCUT2D eigenvalue weighted by atomic mass is 16.6. The third-order valence-electron chi connectivity index (χ3n) is 4.12. The summed E-state index contributed by atoms with van der Waals surface area (Å²) in [5.74, 6) is 0.578. The predicted octanol–water partition coefficient (Wildman–Crippen LogP) is 3.02. The highest BCUT2D eigenvalue weighted by Crippen LogP contribution is 2.37. The molecule has 6 heteroatoms. The van der Waals surface area contributed by atoms with Gasteiger partial charge >= 0.3 is 0 Å². The third-order valence-corrected chi connectivity index (χ3v) is 4.12. The number of aryl methyl sites for hydroxylation is 1. The second-order valence-electron chi connectivity index (χ2n) is 5.84. The molecule has 1 aromatic heterocycles. The summed E-state index contributed by atoms with van der Waals surface area (Å²) < 4.78 is 0. The first-order valence-corrected chi connectivity index (χ1v) is 7.52. The summed E-state index contributed by atoms with van der Waals surface area (Å²) in [6.45, 7) is 1.97. The van der Waals surface area contributed by atoms with Crippen LogP contribution in [0, 0.1) is 23.0 Å². The van der Waals surface area contributed by atoms with Crippen LogP contribution in [0.3, 0.4) is 0 Å². The molecule has 1 heterocycles. The quantitative estimate of drug-likeness (QED) is 0.632. The smallest absolute Gasteiger partial charge is 0.295 e. The van der Waals surface area contributed by atoms with Gasteiger partial charge in [0.05, 0.1) is 4.92 Å². The molecule has 116 valence electrons. The third kappa shape index (κ3) is 2.87. The van der Waals surface area contributed by atoms with Crippen LogP contribution in [0.2, 0.25) is 0 Å². The van der Waals surface area contributed by atoms with E-state index in [1.807, 2.05) is 19.1 Å². The molecular weight excluding hydrogens is 282 g/mol. The maximum Gasteiger partial charge on any atom is 0.295 e. The number of para-hydroxylation sites is 1. The van der Waals surface area contributed by atoms with E-state index in [9.17, 15) is 15.2 Å². The van der Waals surface area contributed by atoms with E-state index in [1.165, 1.54) is 18.9 Å². The van der Waals surface area contributed by atoms with Crippen molar-refractivity contribution in [2.75, 3.05) is 11.9 Å². The van der Waals surface area contributed by atoms with E-state index in [-0.39, 0.29) is 18.3 Å². The lowest BCUT2D eigenvalue weighted by molar-refractivity contribution is -0.383. The summed E-state index contributed by atoms with van der Waals surface area (Å²) in [4.78, 5) is 15.1. The highest BCUT2D eigenvalue weighted by molar-refractivity contribution is 5.96. The Kier molecular flexibility index (Phi) is 3.94. The molecule has 2 aromatic rings. The molecular formula is C16H19N3O3. The van der Waals surface area contributed by atoms with Gasteiger partial charge in [-0.25, -0.2) is 4.98 Å². The van der Waals surface area contributed by atoms with Gasteiger partial charge in [-0.15, -0.1) is 0 Å². The number of hydrogen-bond acceptors (Lipinski definition) is 5. The monoisotopic (exact) mass is 301 g/mol. The summed E-state index contributed by atoms with van der Waals surface area (Å²) in [5.41, 5.74) is 2.03. The minimum atomic E-state index is -0.398. The van der Waals surface area contributed by atoms with E-state index < -0.39 is 4.92 Å². The number of pyridine rings is 1. The van der Waals surface area contributed by atoms with Gasteiger partial charge in [0.25, 0.3) is 5.69 Å². The van der Waals surface area contributed by atoms with Crippen molar-refractivity contribution in [3.63, 3.8) is 0 Å². The summed E-state index contributed by atoms with van der Waals surface area (Å²) in [6, 6.07) is 7.12. The Bertz CT molecular complexity index is 713. The van der Waals surface area contributed by atoms with E-state index >= 15 is 0 Å². The molecule has 0 spiro atoms. The van der Waals surface area contributed by atoms with Crippen molar-refractivity contribution in [1.29, 1.82) is 0 Å². The van der Waals surface area contributed by atoms with Gasteiger partial charge in [0.1, 0.15) is 0 Å². The lowest BCUT2D eigenvalue weighted by atomic mass is 10.1. The molecule has 0 radical (unpaired) electrons. The molecule has 1 aliphatic rings. The zero-order valence-corrected chi connectivity index (χ0v) is 12.5. The Morgan fingerprint density at radius 2 is 2.27 bits per heavy atom. The summed E-state index contributed by atoms with van der Waals surface area (Å²) >= 11 is 0. The number of aliphatic hydroxyl groups excluding tert-OH is 1. The highest BCUT2D eigenvalue weighted by Gasteiger charge is 2.31. The number of rotatable bonds is 6. The number of anilines is 1. The first-order valence-electron chi connectivity index (χ1n) is 7.52. The van der Waals surface area contributed by atoms with Crippen LogP contribution in [0.25, 0.3) is 10.9 Å². The molecule has 0 saturated heterocycles. The number of non-ortho nitro benzene ring substituents is 1. The normalized spacial score (nSPS) is 15.7. The second kappa shape index (κ2) is 5.88. The van der Waals surface area contributed by atoms with Crippen LogP contribution in [0.5, 0.6) is 0 Å². The number of nitrogens with one attached hydrogen (secondary N) is 1. The zero-order chi connectivity index (χ0) is 15.7. The van der Waals surface area contributed by atoms with E-state index in [1.54, 1.807) is 6.07 Å². The minimum Gasteiger partial charge on any atom is -0.396 e. The molecule has 0 bridgehead atoms. The Morgan fingerprint density at radius 3 is 2.91 bits per heavy atom. The average molecular weight is 301 g/mol. The minimum absolute atomic E-state index is 0.0226. The van der Waals surface area contributed by atoms with E-state index in [2.05, 4.69) is 10.3 Å². The van der Waals surface area contributed by atoms with Crippen molar-refractivity contribution in [2.45, 2.75) is 32.2 Å². The lowest BCUT2D eigenvalue weighted by Gasteiger charge is -2.20. The fourth-order valence-corrected chi connectivity index (χ4v) is 2.89. The Morgan fingerprint density at radius 1 is 1.50 bits per heavy atom. The van der Waals surface area contributed by atoms with Gasteiger partial charge in [-0.1, -0.05) is 12.1 Å². The van der Waals surface area contributed by atoms with E-state index in [0.717, 1.165) is 16.8 Å². The fraction of sp³-hybridized carbons (Fsp3) is 0.438. The van der Waals surface area contributed by atoms with Gasteiger partial charge in [-0.2, -0.15) is 0 Å². The Labute approximate surface area is 128 Å². The summed E-state index contributed by atoms with van der Waals surface area (Å²) in [5, 5.41) is 24.6. The predicted molar refractivity (Wildman–Crippen MR) is 85.0 cm³/mol. The van der Waals surface area contributed by atoms with Crippen molar-refractivity contribution in [3.8, 4) is 0 Å². The van der Waals surface area contributed by atoms with Gasteiger partial charge in [-0.05, 0) is 38.2 Å². The lowest BCUT2D eigenvalue weighted by Crippen LogP contribution is -2.23. The van der Waals surface area contributed by atoms with Gasteiger partial charge in [0.2, 0.25) is 0 Å². The van der Waals surface area contributed by atoms with Gasteiger partial charge in [-0.3, -0.25) is 10.1 Å². The standard InChI is InChI=1S/C16H19N3O3/c1-10-9-14(18-13(7-8-20)11-5-6-11)12-3-2-4-15(19(21)22)16(12)17-10/h2-4,9,11,13,20H,5-8H2,1H3,(H,17,18). The van der Waals surface area contributed by atoms with Crippen LogP contribution in [0.4, 0.5) is 11.4 Å². The topological polar surface area (TPSA) is 88.3 Å². The molecule has 3 rings (SSSR count). The molecule has 1 saturated carbocycles. The van der Waals surface area contributed by atoms with Crippen molar-refractivity contribution >= 4 is 22.3 Å². The number of nitrogens with zero attached hydrogens (tertiary/aromatic N) is 2. The van der Waals surface area contributed by atoms with Crippen LogP contribution in [-0.4, -0.2) is 27.7 Å². The first-order chi connectivity index (χ1) is 10.6. The van der Waals surface area contributed by atoms with Crippen molar-refractivity contribution in [3.05, 3.63) is 40.1 Å². The molecule has 22 heavy (non-hydrogen) atoms. The molecule has 0 aliphatic heterocycles. The molecule has 1 unspecified atom stereocenters. The molecule has 6 nitrogen and oxygen atoms in total. The van der Waals surface area contributed by atoms with Crippen LogP contribution in [0.15, 0.2) is 24.3 Å². The number of hydrogen-bond donors (Lipinski definition) is 2. The largest absolute Gasteiger partial charge is 0.396 e. The number of nitro groups is 1. The number of nitro benzene ring substituents is 1. The van der Waals surface area contributed by atoms with E-state index in [4.69, 9.17) is 0 Å². The fourth-order valence-electron chi connectivity index (χ4n) is 2.89. The number of benzene rings is 1. The number of aliphatic hydroxyl groups is 1. The Balaban J connectivity index is 2.05.